The molecule has 0 radical (unpaired) electrons. The number of nitro benzene ring substituents is 1. The van der Waals surface area contributed by atoms with E-state index in [0.29, 0.717) is 5.56 Å². The first-order valence-electron chi connectivity index (χ1n) is 10.1. The number of halogens is 3. The van der Waals surface area contributed by atoms with Crippen LogP contribution in [0.15, 0.2) is 35.2 Å². The van der Waals surface area contributed by atoms with Gasteiger partial charge in [-0.05, 0) is 23.1 Å². The van der Waals surface area contributed by atoms with E-state index in [2.05, 4.69) is 5.32 Å². The number of nitrogens with zero attached hydrogens (tertiary/aromatic N) is 2. The Labute approximate surface area is 223 Å². The predicted molar refractivity (Wildman–Crippen MR) is 128 cm³/mol. The van der Waals surface area contributed by atoms with Crippen molar-refractivity contribution in [2.75, 3.05) is 13.2 Å². The summed E-state index contributed by atoms with van der Waals surface area (Å²) in [6.45, 7) is 0.142. The maximum Gasteiger partial charge on any atom is 0.408 e. The molecule has 1 fully saturated rings. The number of carbonyl (C=O) groups excluding carboxylic acids is 4. The molecule has 2 aliphatic rings. The summed E-state index contributed by atoms with van der Waals surface area (Å²) in [4.78, 5) is 60.4. The number of β-lactam (4-membered cyclic amide) rings is 1. The van der Waals surface area contributed by atoms with E-state index in [4.69, 9.17) is 49.0 Å². The van der Waals surface area contributed by atoms with Crippen molar-refractivity contribution in [2.45, 2.75) is 34.8 Å². The third kappa shape index (κ3) is 6.93. The summed E-state index contributed by atoms with van der Waals surface area (Å²) in [5.41, 5.74) is 0.660. The lowest BCUT2D eigenvalue weighted by Crippen LogP contribution is -2.74. The number of alkyl halides is 3. The van der Waals surface area contributed by atoms with Gasteiger partial charge in [-0.15, -0.1) is 11.8 Å². The second-order valence-corrected chi connectivity index (χ2v) is 11.0. The van der Waals surface area contributed by atoms with Gasteiger partial charge in [0.2, 0.25) is 9.70 Å². The Balaban J connectivity index is 1.64. The molecule has 2 amide bonds. The quantitative estimate of drug-likeness (QED) is 0.121. The van der Waals surface area contributed by atoms with Crippen molar-refractivity contribution in [1.82, 2.24) is 10.2 Å². The molecular formula is C20H18Cl3N3O9S. The van der Waals surface area contributed by atoms with Gasteiger partial charge >= 0.3 is 18.0 Å². The first kappa shape index (κ1) is 27.8. The molecule has 3 atom stereocenters. The summed E-state index contributed by atoms with van der Waals surface area (Å²) in [7, 11) is 0. The molecular weight excluding hydrogens is 565 g/mol. The molecule has 2 heterocycles. The van der Waals surface area contributed by atoms with Crippen molar-refractivity contribution in [3.05, 3.63) is 50.9 Å². The third-order valence-corrected chi connectivity index (χ3v) is 6.45. The molecule has 16 heteroatoms. The number of carbonyl (C=O) groups is 4. The van der Waals surface area contributed by atoms with Crippen LogP contribution in [0.1, 0.15) is 12.5 Å². The van der Waals surface area contributed by atoms with Crippen LogP contribution in [0.4, 0.5) is 10.5 Å². The Hall–Kier alpha value is -2.74. The summed E-state index contributed by atoms with van der Waals surface area (Å²) >= 11 is 18.0. The number of fused-ring (bicyclic) bond motifs is 1. The number of nitrogens with one attached hydrogen (secondary N) is 1. The number of thioether (sulfide) groups is 1. The molecule has 0 saturated carbocycles. The zero-order valence-electron chi connectivity index (χ0n) is 18.4. The van der Waals surface area contributed by atoms with E-state index in [1.54, 1.807) is 0 Å². The molecule has 194 valence electrons. The van der Waals surface area contributed by atoms with E-state index in [1.807, 2.05) is 0 Å². The van der Waals surface area contributed by atoms with Gasteiger partial charge in [-0.2, -0.15) is 0 Å². The highest BCUT2D eigenvalue weighted by Crippen LogP contribution is 2.40. The predicted octanol–water partition coefficient (Wildman–Crippen LogP) is 2.83. The second kappa shape index (κ2) is 11.5. The van der Waals surface area contributed by atoms with Crippen LogP contribution in [0.3, 0.4) is 0 Å². The molecule has 0 aliphatic carbocycles. The standard InChI is InChI=1S/C20H18Cl3N3O9S/c1-10(27)33-7-12-8-36-17-14(16(28)25(17)15(12)18(29)35-9-20(21,22)23)24-19(30)34-6-11-2-4-13(5-3-11)26(31)32/h2-5,8,14-15,17H,6-7,9H2,1H3,(H,24,30)/t14?,15?,17-/m0/s1. The van der Waals surface area contributed by atoms with Crippen molar-refractivity contribution in [2.24, 2.45) is 0 Å². The molecule has 1 aromatic rings. The van der Waals surface area contributed by atoms with Gasteiger partial charge in [-0.3, -0.25) is 19.7 Å². The van der Waals surface area contributed by atoms with Crippen LogP contribution in [0.2, 0.25) is 0 Å². The summed E-state index contributed by atoms with van der Waals surface area (Å²) in [5.74, 6) is -2.11. The highest BCUT2D eigenvalue weighted by molar-refractivity contribution is 8.02. The van der Waals surface area contributed by atoms with Crippen LogP contribution in [0, 0.1) is 10.1 Å². The van der Waals surface area contributed by atoms with Gasteiger partial charge in [0.15, 0.2) is 6.04 Å². The molecule has 1 aromatic carbocycles. The fraction of sp³-hybridized carbons (Fsp3) is 0.400. The highest BCUT2D eigenvalue weighted by atomic mass is 35.6. The lowest BCUT2D eigenvalue weighted by Gasteiger charge is -2.51. The number of non-ortho nitro benzene ring substituents is 1. The number of hydrogen-bond acceptors (Lipinski definition) is 10. The van der Waals surface area contributed by atoms with E-state index >= 15 is 0 Å². The van der Waals surface area contributed by atoms with Gasteiger partial charge in [0, 0.05) is 24.6 Å². The zero-order valence-corrected chi connectivity index (χ0v) is 21.4. The van der Waals surface area contributed by atoms with Gasteiger partial charge in [-0.1, -0.05) is 34.8 Å². The monoisotopic (exact) mass is 581 g/mol. The number of amides is 2. The summed E-state index contributed by atoms with van der Waals surface area (Å²) < 4.78 is 13.2. The molecule has 3 rings (SSSR count). The number of esters is 2. The maximum atomic E-state index is 12.9. The Morgan fingerprint density at radius 3 is 2.39 bits per heavy atom. The Morgan fingerprint density at radius 1 is 1.14 bits per heavy atom. The molecule has 2 aliphatic heterocycles. The molecule has 12 nitrogen and oxygen atoms in total. The zero-order chi connectivity index (χ0) is 26.6. The number of hydrogen-bond donors (Lipinski definition) is 1. The SMILES string of the molecule is CC(=O)OCC1=CS[C@H]2C(NC(=O)OCc3ccc([N+](=O)[O-])cc3)C(=O)N2C1C(=O)OCC(Cl)(Cl)Cl. The van der Waals surface area contributed by atoms with Crippen molar-refractivity contribution in [3.8, 4) is 0 Å². The van der Waals surface area contributed by atoms with E-state index in [1.165, 1.54) is 41.5 Å². The molecule has 0 bridgehead atoms. The molecule has 0 aromatic heterocycles. The first-order valence-corrected chi connectivity index (χ1v) is 12.1. The number of ether oxygens (including phenoxy) is 3. The van der Waals surface area contributed by atoms with Gasteiger partial charge in [0.25, 0.3) is 5.69 Å². The minimum absolute atomic E-state index is 0.110. The van der Waals surface area contributed by atoms with E-state index in [-0.39, 0.29) is 24.5 Å². The average molecular weight is 583 g/mol. The summed E-state index contributed by atoms with van der Waals surface area (Å²) in [6.07, 6.45) is -0.906. The lowest BCUT2D eigenvalue weighted by atomic mass is 9.98. The third-order valence-electron chi connectivity index (χ3n) is 4.90. The Morgan fingerprint density at radius 2 is 1.81 bits per heavy atom. The van der Waals surface area contributed by atoms with Crippen molar-refractivity contribution in [3.63, 3.8) is 0 Å². The van der Waals surface area contributed by atoms with Crippen molar-refractivity contribution >= 4 is 76.2 Å². The van der Waals surface area contributed by atoms with Gasteiger partial charge < -0.3 is 24.4 Å². The average Bonchev–Trinajstić information content (AvgIpc) is 2.82. The first-order chi connectivity index (χ1) is 16.9. The van der Waals surface area contributed by atoms with Crippen LogP contribution in [-0.4, -0.2) is 68.2 Å². The number of nitro groups is 1. The van der Waals surface area contributed by atoms with Crippen molar-refractivity contribution in [1.29, 1.82) is 0 Å². The van der Waals surface area contributed by atoms with Crippen LogP contribution in [0.5, 0.6) is 0 Å². The summed E-state index contributed by atoms with van der Waals surface area (Å²) in [6, 6.07) is 3.12. The minimum Gasteiger partial charge on any atom is -0.461 e. The molecule has 0 spiro atoms. The second-order valence-electron chi connectivity index (χ2n) is 7.49. The van der Waals surface area contributed by atoms with Crippen LogP contribution in [-0.2, 0) is 35.2 Å². The number of benzene rings is 1. The fourth-order valence-electron chi connectivity index (χ4n) is 3.26. The largest absolute Gasteiger partial charge is 0.461 e. The smallest absolute Gasteiger partial charge is 0.408 e. The van der Waals surface area contributed by atoms with Crippen LogP contribution < -0.4 is 5.32 Å². The summed E-state index contributed by atoms with van der Waals surface area (Å²) in [5, 5.41) is 14.0. The fourth-order valence-corrected chi connectivity index (χ4v) is 4.64. The molecule has 36 heavy (non-hydrogen) atoms. The van der Waals surface area contributed by atoms with Gasteiger partial charge in [0.05, 0.1) is 4.92 Å². The van der Waals surface area contributed by atoms with E-state index in [9.17, 15) is 29.3 Å². The van der Waals surface area contributed by atoms with Crippen molar-refractivity contribution < 1.29 is 38.3 Å². The molecule has 1 N–H and O–H groups in total. The van der Waals surface area contributed by atoms with Crippen LogP contribution in [0.25, 0.3) is 0 Å². The Kier molecular flexibility index (Phi) is 8.93. The number of alkyl carbamates (subject to hydrolysis) is 1. The minimum atomic E-state index is -1.88. The molecule has 2 unspecified atom stereocenters. The Bertz CT molecular complexity index is 1090. The molecule has 1 saturated heterocycles. The lowest BCUT2D eigenvalue weighted by molar-refractivity contribution is -0.384. The normalized spacial score (nSPS) is 20.9. The number of rotatable bonds is 8. The van der Waals surface area contributed by atoms with Gasteiger partial charge in [-0.25, -0.2) is 9.59 Å². The topological polar surface area (TPSA) is 154 Å². The maximum absolute atomic E-state index is 12.9. The van der Waals surface area contributed by atoms with Crippen LogP contribution >= 0.6 is 46.6 Å². The van der Waals surface area contributed by atoms with E-state index in [0.717, 1.165) is 11.8 Å². The highest BCUT2D eigenvalue weighted by Gasteiger charge is 2.56. The van der Waals surface area contributed by atoms with E-state index < -0.39 is 56.7 Å². The van der Waals surface area contributed by atoms with Gasteiger partial charge in [0.1, 0.15) is 31.2 Å².